The molecule has 0 atom stereocenters. The highest BCUT2D eigenvalue weighted by atomic mass is 32.2. The van der Waals surface area contributed by atoms with Gasteiger partial charge in [0.2, 0.25) is 10.0 Å². The second-order valence-electron chi connectivity index (χ2n) is 4.46. The molecule has 0 fully saturated rings. The highest BCUT2D eigenvalue weighted by Gasteiger charge is 2.07. The van der Waals surface area contributed by atoms with Crippen molar-refractivity contribution in [2.45, 2.75) is 18.4 Å². The molecule has 0 bridgehead atoms. The number of benzene rings is 2. The van der Waals surface area contributed by atoms with Crippen molar-refractivity contribution in [3.8, 4) is 5.75 Å². The molecule has 0 saturated heterocycles. The summed E-state index contributed by atoms with van der Waals surface area (Å²) in [6.45, 7) is 3.14. The van der Waals surface area contributed by atoms with Crippen LogP contribution in [0.1, 0.15) is 12.5 Å². The van der Waals surface area contributed by atoms with Crippen LogP contribution >= 0.6 is 0 Å². The molecular weight excluding hydrogens is 288 g/mol. The van der Waals surface area contributed by atoms with E-state index in [4.69, 9.17) is 9.88 Å². The summed E-state index contributed by atoms with van der Waals surface area (Å²) >= 11 is 0. The number of sulfonamides is 1. The number of ether oxygens (including phenoxy) is 1. The van der Waals surface area contributed by atoms with Gasteiger partial charge in [0.1, 0.15) is 5.75 Å². The molecule has 0 spiro atoms. The van der Waals surface area contributed by atoms with Crippen molar-refractivity contribution in [3.05, 3.63) is 54.1 Å². The quantitative estimate of drug-likeness (QED) is 0.858. The summed E-state index contributed by atoms with van der Waals surface area (Å²) in [5.74, 6) is 0.841. The predicted molar refractivity (Wildman–Crippen MR) is 82.8 cm³/mol. The SMILES string of the molecule is CCOc1ccccc1CNc1ccc(S(N)(=O)=O)cc1. The van der Waals surface area contributed by atoms with E-state index in [1.165, 1.54) is 12.1 Å². The number of primary sulfonamides is 1. The summed E-state index contributed by atoms with van der Waals surface area (Å²) in [6.07, 6.45) is 0. The Morgan fingerprint density at radius 1 is 1.10 bits per heavy atom. The van der Waals surface area contributed by atoms with E-state index in [2.05, 4.69) is 5.32 Å². The fourth-order valence-corrected chi connectivity index (χ4v) is 2.42. The minimum absolute atomic E-state index is 0.0998. The Bertz CT molecular complexity index is 697. The van der Waals surface area contributed by atoms with Crippen molar-refractivity contribution in [1.29, 1.82) is 0 Å². The minimum Gasteiger partial charge on any atom is -0.494 e. The fourth-order valence-electron chi connectivity index (χ4n) is 1.91. The van der Waals surface area contributed by atoms with E-state index in [9.17, 15) is 8.42 Å². The molecular formula is C15H18N2O3S. The maximum atomic E-state index is 11.2. The third-order valence-electron chi connectivity index (χ3n) is 2.94. The van der Waals surface area contributed by atoms with Gasteiger partial charge in [-0.05, 0) is 37.3 Å². The second kappa shape index (κ2) is 6.60. The van der Waals surface area contributed by atoms with Crippen molar-refractivity contribution in [2.24, 2.45) is 5.14 Å². The van der Waals surface area contributed by atoms with Crippen molar-refractivity contribution < 1.29 is 13.2 Å². The first-order chi connectivity index (χ1) is 10.0. The lowest BCUT2D eigenvalue weighted by Crippen LogP contribution is -2.12. The molecule has 0 aromatic heterocycles. The van der Waals surface area contributed by atoms with Crippen LogP contribution in [0.5, 0.6) is 5.75 Å². The smallest absolute Gasteiger partial charge is 0.238 e. The van der Waals surface area contributed by atoms with Crippen molar-refractivity contribution >= 4 is 15.7 Å². The summed E-state index contributed by atoms with van der Waals surface area (Å²) in [5, 5.41) is 8.28. The van der Waals surface area contributed by atoms with E-state index in [-0.39, 0.29) is 4.90 Å². The van der Waals surface area contributed by atoms with Gasteiger partial charge in [0.15, 0.2) is 0 Å². The molecule has 0 aliphatic carbocycles. The van der Waals surface area contributed by atoms with E-state index < -0.39 is 10.0 Å². The van der Waals surface area contributed by atoms with Gasteiger partial charge in [-0.1, -0.05) is 18.2 Å². The number of anilines is 1. The molecule has 0 heterocycles. The van der Waals surface area contributed by atoms with Crippen LogP contribution in [0.25, 0.3) is 0 Å². The van der Waals surface area contributed by atoms with Crippen LogP contribution in [-0.4, -0.2) is 15.0 Å². The molecule has 0 saturated carbocycles. The van der Waals surface area contributed by atoms with E-state index in [1.807, 2.05) is 31.2 Å². The first kappa shape index (κ1) is 15.3. The Balaban J connectivity index is 2.07. The monoisotopic (exact) mass is 306 g/mol. The molecule has 3 N–H and O–H groups in total. The van der Waals surface area contributed by atoms with Gasteiger partial charge in [-0.3, -0.25) is 0 Å². The molecule has 112 valence electrons. The highest BCUT2D eigenvalue weighted by molar-refractivity contribution is 7.89. The number of hydrogen-bond acceptors (Lipinski definition) is 4. The third-order valence-corrected chi connectivity index (χ3v) is 3.87. The Hall–Kier alpha value is -2.05. The standard InChI is InChI=1S/C15H18N2O3S/c1-2-20-15-6-4-3-5-12(15)11-17-13-7-9-14(10-8-13)21(16,18)19/h3-10,17H,2,11H2,1H3,(H2,16,18,19). The van der Waals surface area contributed by atoms with Crippen LogP contribution in [0, 0.1) is 0 Å². The van der Waals surface area contributed by atoms with Gasteiger partial charge in [0, 0.05) is 17.8 Å². The van der Waals surface area contributed by atoms with Crippen molar-refractivity contribution in [3.63, 3.8) is 0 Å². The predicted octanol–water partition coefficient (Wildman–Crippen LogP) is 2.34. The molecule has 0 radical (unpaired) electrons. The van der Waals surface area contributed by atoms with Crippen LogP contribution in [0.4, 0.5) is 5.69 Å². The first-order valence-corrected chi connectivity index (χ1v) is 8.13. The van der Waals surface area contributed by atoms with E-state index in [0.717, 1.165) is 17.0 Å². The van der Waals surface area contributed by atoms with Gasteiger partial charge in [-0.2, -0.15) is 0 Å². The lowest BCUT2D eigenvalue weighted by Gasteiger charge is -2.12. The summed E-state index contributed by atoms with van der Waals surface area (Å²) in [6, 6.07) is 14.1. The summed E-state index contributed by atoms with van der Waals surface area (Å²) in [7, 11) is -3.65. The van der Waals surface area contributed by atoms with Gasteiger partial charge in [-0.25, -0.2) is 13.6 Å². The molecule has 2 rings (SSSR count). The number of hydrogen-bond donors (Lipinski definition) is 2. The zero-order valence-corrected chi connectivity index (χ0v) is 12.6. The Kier molecular flexibility index (Phi) is 4.82. The topological polar surface area (TPSA) is 81.4 Å². The van der Waals surface area contributed by atoms with Gasteiger partial charge >= 0.3 is 0 Å². The highest BCUT2D eigenvalue weighted by Crippen LogP contribution is 2.20. The minimum atomic E-state index is -3.65. The van der Waals surface area contributed by atoms with Crippen LogP contribution < -0.4 is 15.2 Å². The molecule has 5 nitrogen and oxygen atoms in total. The summed E-state index contributed by atoms with van der Waals surface area (Å²) in [5.41, 5.74) is 1.85. The van der Waals surface area contributed by atoms with Crippen LogP contribution in [0.2, 0.25) is 0 Å². The van der Waals surface area contributed by atoms with Crippen molar-refractivity contribution in [1.82, 2.24) is 0 Å². The van der Waals surface area contributed by atoms with Crippen LogP contribution in [0.15, 0.2) is 53.4 Å². The largest absolute Gasteiger partial charge is 0.494 e. The lowest BCUT2D eigenvalue weighted by molar-refractivity contribution is 0.337. The lowest BCUT2D eigenvalue weighted by atomic mass is 10.2. The van der Waals surface area contributed by atoms with Crippen LogP contribution in [0.3, 0.4) is 0 Å². The zero-order valence-electron chi connectivity index (χ0n) is 11.7. The average molecular weight is 306 g/mol. The normalized spacial score (nSPS) is 11.1. The van der Waals surface area contributed by atoms with Gasteiger partial charge < -0.3 is 10.1 Å². The first-order valence-electron chi connectivity index (χ1n) is 6.58. The van der Waals surface area contributed by atoms with E-state index >= 15 is 0 Å². The number of para-hydroxylation sites is 1. The Morgan fingerprint density at radius 3 is 2.38 bits per heavy atom. The average Bonchev–Trinajstić information content (AvgIpc) is 2.46. The van der Waals surface area contributed by atoms with Crippen molar-refractivity contribution in [2.75, 3.05) is 11.9 Å². The maximum Gasteiger partial charge on any atom is 0.238 e. The van der Waals surface area contributed by atoms with Gasteiger partial charge in [0.25, 0.3) is 0 Å². The Labute approximate surface area is 124 Å². The molecule has 0 unspecified atom stereocenters. The Morgan fingerprint density at radius 2 is 1.76 bits per heavy atom. The molecule has 21 heavy (non-hydrogen) atoms. The number of rotatable bonds is 6. The molecule has 2 aromatic rings. The van der Waals surface area contributed by atoms with Gasteiger partial charge in [-0.15, -0.1) is 0 Å². The fraction of sp³-hybridized carbons (Fsp3) is 0.200. The number of nitrogens with one attached hydrogen (secondary N) is 1. The van der Waals surface area contributed by atoms with Crippen LogP contribution in [-0.2, 0) is 16.6 Å². The summed E-state index contributed by atoms with van der Waals surface area (Å²) in [4.78, 5) is 0.0998. The molecule has 0 amide bonds. The third kappa shape index (κ3) is 4.21. The molecule has 6 heteroatoms. The second-order valence-corrected chi connectivity index (χ2v) is 6.03. The van der Waals surface area contributed by atoms with E-state index in [1.54, 1.807) is 12.1 Å². The molecule has 2 aromatic carbocycles. The van der Waals surface area contributed by atoms with Gasteiger partial charge in [0.05, 0.1) is 11.5 Å². The molecule has 0 aliphatic rings. The molecule has 0 aliphatic heterocycles. The zero-order chi connectivity index (χ0) is 15.3. The van der Waals surface area contributed by atoms with E-state index in [0.29, 0.717) is 13.2 Å². The summed E-state index contributed by atoms with van der Waals surface area (Å²) < 4.78 is 27.9. The maximum absolute atomic E-state index is 11.2. The number of nitrogens with two attached hydrogens (primary N) is 1.